The molecule has 2 rings (SSSR count). The van der Waals surface area contributed by atoms with Crippen LogP contribution >= 0.6 is 24.2 Å². The molecule has 0 radical (unpaired) electrons. The lowest BCUT2D eigenvalue weighted by Gasteiger charge is -2.18. The summed E-state index contributed by atoms with van der Waals surface area (Å²) in [5, 5.41) is 0.424. The Morgan fingerprint density at radius 3 is 2.68 bits per heavy atom. The largest absolute Gasteiger partial charge is 0.345 e. The van der Waals surface area contributed by atoms with Crippen LogP contribution in [0, 0.1) is 0 Å². The van der Waals surface area contributed by atoms with E-state index >= 15 is 0 Å². The van der Waals surface area contributed by atoms with E-state index in [1.165, 1.54) is 4.90 Å². The molecular weight excluding hydrogens is 284 g/mol. The van der Waals surface area contributed by atoms with Crippen molar-refractivity contribution in [2.24, 2.45) is 0 Å². The number of halogens is 1. The number of nitrogens with zero attached hydrogens (tertiary/aromatic N) is 2. The molecule has 1 aliphatic heterocycles. The second-order valence-electron chi connectivity index (χ2n) is 4.73. The fourth-order valence-electron chi connectivity index (χ4n) is 2.02. The van der Waals surface area contributed by atoms with Gasteiger partial charge in [-0.05, 0) is 18.2 Å². The maximum Gasteiger partial charge on any atom is 0.254 e. The molecule has 1 aliphatic rings. The van der Waals surface area contributed by atoms with Gasteiger partial charge in [0.15, 0.2) is 0 Å². The number of hydrogen-bond donors (Lipinski definition) is 1. The van der Waals surface area contributed by atoms with Crippen LogP contribution in [0.15, 0.2) is 18.2 Å². The van der Waals surface area contributed by atoms with Crippen molar-refractivity contribution in [3.8, 4) is 0 Å². The Kier molecular flexibility index (Phi) is 4.06. The minimum absolute atomic E-state index is 0.0191. The normalized spacial score (nSPS) is 18.8. The number of thiol groups is 1. The zero-order valence-electron chi connectivity index (χ0n) is 10.8. The van der Waals surface area contributed by atoms with Gasteiger partial charge in [-0.15, -0.1) is 0 Å². The molecule has 2 amide bonds. The lowest BCUT2D eigenvalue weighted by atomic mass is 10.1. The molecule has 1 aromatic rings. The third-order valence-electron chi connectivity index (χ3n) is 3.00. The van der Waals surface area contributed by atoms with Gasteiger partial charge >= 0.3 is 0 Å². The molecule has 1 fully saturated rings. The second kappa shape index (κ2) is 5.43. The predicted octanol–water partition coefficient (Wildman–Crippen LogP) is 2.08. The van der Waals surface area contributed by atoms with Crippen molar-refractivity contribution in [1.29, 1.82) is 0 Å². The highest BCUT2D eigenvalue weighted by atomic mass is 35.5. The number of rotatable bonds is 2. The molecule has 0 aliphatic carbocycles. The van der Waals surface area contributed by atoms with E-state index in [0.717, 1.165) is 0 Å². The van der Waals surface area contributed by atoms with Gasteiger partial charge in [0.1, 0.15) is 0 Å². The summed E-state index contributed by atoms with van der Waals surface area (Å²) in [6, 6.07) is 5.06. The van der Waals surface area contributed by atoms with Gasteiger partial charge < -0.3 is 9.80 Å². The molecule has 0 aromatic heterocycles. The summed E-state index contributed by atoms with van der Waals surface area (Å²) in [5.74, 6) is -0.161. The molecule has 0 spiro atoms. The Morgan fingerprint density at radius 1 is 1.47 bits per heavy atom. The van der Waals surface area contributed by atoms with Gasteiger partial charge in [-0.2, -0.15) is 12.6 Å². The van der Waals surface area contributed by atoms with Crippen LogP contribution in [0.2, 0.25) is 5.02 Å². The number of anilines is 1. The van der Waals surface area contributed by atoms with Gasteiger partial charge in [0.2, 0.25) is 5.91 Å². The van der Waals surface area contributed by atoms with Crippen molar-refractivity contribution in [3.05, 3.63) is 28.8 Å². The highest BCUT2D eigenvalue weighted by molar-refractivity contribution is 7.81. The molecule has 6 heteroatoms. The highest BCUT2D eigenvalue weighted by Gasteiger charge is 2.29. The SMILES string of the molecule is CN(C)C(=O)c1cc(N2CC(S)CC2=O)ccc1Cl. The van der Waals surface area contributed by atoms with Crippen molar-refractivity contribution in [3.63, 3.8) is 0 Å². The molecule has 102 valence electrons. The average Bonchev–Trinajstić information content (AvgIpc) is 2.68. The van der Waals surface area contributed by atoms with Crippen LogP contribution in [0.4, 0.5) is 5.69 Å². The van der Waals surface area contributed by atoms with Gasteiger partial charge in [-0.3, -0.25) is 9.59 Å². The van der Waals surface area contributed by atoms with Crippen LogP contribution in [0.5, 0.6) is 0 Å². The Balaban J connectivity index is 2.36. The Labute approximate surface area is 122 Å². The van der Waals surface area contributed by atoms with E-state index in [0.29, 0.717) is 29.2 Å². The maximum atomic E-state index is 12.0. The van der Waals surface area contributed by atoms with E-state index in [-0.39, 0.29) is 17.1 Å². The second-order valence-corrected chi connectivity index (χ2v) is 5.86. The predicted molar refractivity (Wildman–Crippen MR) is 79.2 cm³/mol. The fourth-order valence-corrected chi connectivity index (χ4v) is 2.54. The van der Waals surface area contributed by atoms with Crippen molar-refractivity contribution in [2.75, 3.05) is 25.5 Å². The van der Waals surface area contributed by atoms with Crippen LogP contribution in [0.25, 0.3) is 0 Å². The first-order valence-corrected chi connectivity index (χ1v) is 6.79. The van der Waals surface area contributed by atoms with Crippen LogP contribution < -0.4 is 4.90 Å². The minimum atomic E-state index is -0.180. The summed E-state index contributed by atoms with van der Waals surface area (Å²) in [6.07, 6.45) is 0.419. The monoisotopic (exact) mass is 298 g/mol. The lowest BCUT2D eigenvalue weighted by Crippen LogP contribution is -2.26. The van der Waals surface area contributed by atoms with Gasteiger partial charge in [0, 0.05) is 38.0 Å². The van der Waals surface area contributed by atoms with E-state index in [4.69, 9.17) is 11.6 Å². The van der Waals surface area contributed by atoms with E-state index in [9.17, 15) is 9.59 Å². The number of hydrogen-bond acceptors (Lipinski definition) is 3. The third-order valence-corrected chi connectivity index (χ3v) is 3.68. The van der Waals surface area contributed by atoms with Gasteiger partial charge in [-0.25, -0.2) is 0 Å². The van der Waals surface area contributed by atoms with Crippen molar-refractivity contribution in [2.45, 2.75) is 11.7 Å². The summed E-state index contributed by atoms with van der Waals surface area (Å²) in [4.78, 5) is 26.9. The van der Waals surface area contributed by atoms with Crippen LogP contribution in [-0.2, 0) is 4.79 Å². The summed E-state index contributed by atoms with van der Waals surface area (Å²) in [7, 11) is 3.33. The molecule has 1 atom stereocenters. The summed E-state index contributed by atoms with van der Waals surface area (Å²) < 4.78 is 0. The smallest absolute Gasteiger partial charge is 0.254 e. The number of carbonyl (C=O) groups is 2. The van der Waals surface area contributed by atoms with Crippen LogP contribution in [0.1, 0.15) is 16.8 Å². The maximum absolute atomic E-state index is 12.0. The molecule has 1 saturated heterocycles. The molecule has 1 aromatic carbocycles. The third kappa shape index (κ3) is 2.87. The van der Waals surface area contributed by atoms with Crippen molar-refractivity contribution < 1.29 is 9.59 Å². The standard InChI is InChI=1S/C13H15ClN2O2S/c1-15(2)13(18)10-5-8(3-4-11(10)14)16-7-9(19)6-12(16)17/h3-5,9,19H,6-7H2,1-2H3. The van der Waals surface area contributed by atoms with Crippen LogP contribution in [-0.4, -0.2) is 42.6 Å². The summed E-state index contributed by atoms with van der Waals surface area (Å²) in [6.45, 7) is 0.555. The van der Waals surface area contributed by atoms with E-state index in [2.05, 4.69) is 12.6 Å². The molecule has 0 bridgehead atoms. The first-order chi connectivity index (χ1) is 8.90. The van der Waals surface area contributed by atoms with Gasteiger partial charge in [0.05, 0.1) is 10.6 Å². The van der Waals surface area contributed by atoms with Crippen LogP contribution in [0.3, 0.4) is 0 Å². The zero-order chi connectivity index (χ0) is 14.2. The molecule has 0 N–H and O–H groups in total. The fraction of sp³-hybridized carbons (Fsp3) is 0.385. The minimum Gasteiger partial charge on any atom is -0.345 e. The Morgan fingerprint density at radius 2 is 2.16 bits per heavy atom. The number of amides is 2. The lowest BCUT2D eigenvalue weighted by molar-refractivity contribution is -0.117. The summed E-state index contributed by atoms with van der Waals surface area (Å²) in [5.41, 5.74) is 1.09. The highest BCUT2D eigenvalue weighted by Crippen LogP contribution is 2.28. The van der Waals surface area contributed by atoms with Crippen molar-refractivity contribution >= 4 is 41.7 Å². The molecule has 0 saturated carbocycles. The molecular formula is C13H15ClN2O2S. The molecule has 1 heterocycles. The molecule has 1 unspecified atom stereocenters. The number of carbonyl (C=O) groups excluding carboxylic acids is 2. The quantitative estimate of drug-likeness (QED) is 0.849. The molecule has 19 heavy (non-hydrogen) atoms. The average molecular weight is 299 g/mol. The van der Waals surface area contributed by atoms with Gasteiger partial charge in [-0.1, -0.05) is 11.6 Å². The Hall–Kier alpha value is -1.20. The van der Waals surface area contributed by atoms with E-state index in [1.807, 2.05) is 0 Å². The summed E-state index contributed by atoms with van der Waals surface area (Å²) >= 11 is 10.4. The first kappa shape index (κ1) is 14.2. The first-order valence-electron chi connectivity index (χ1n) is 5.89. The topological polar surface area (TPSA) is 40.6 Å². The number of benzene rings is 1. The van der Waals surface area contributed by atoms with Crippen molar-refractivity contribution in [1.82, 2.24) is 4.90 Å². The Bertz CT molecular complexity index is 533. The van der Waals surface area contributed by atoms with E-state index in [1.54, 1.807) is 37.2 Å². The van der Waals surface area contributed by atoms with E-state index < -0.39 is 0 Å². The zero-order valence-corrected chi connectivity index (χ0v) is 12.4. The van der Waals surface area contributed by atoms with Gasteiger partial charge in [0.25, 0.3) is 5.91 Å². The molecule has 4 nitrogen and oxygen atoms in total.